The van der Waals surface area contributed by atoms with Crippen molar-refractivity contribution in [3.8, 4) is 0 Å². The summed E-state index contributed by atoms with van der Waals surface area (Å²) in [7, 11) is 0. The molecule has 0 radical (unpaired) electrons. The molecular weight excluding hydrogens is 292 g/mol. The van der Waals surface area contributed by atoms with Gasteiger partial charge in [0.15, 0.2) is 5.78 Å². The van der Waals surface area contributed by atoms with Crippen molar-refractivity contribution in [3.05, 3.63) is 45.1 Å². The topological polar surface area (TPSA) is 148 Å². The highest BCUT2D eigenvalue weighted by molar-refractivity contribution is 6.13. The molecule has 0 unspecified atom stereocenters. The summed E-state index contributed by atoms with van der Waals surface area (Å²) in [4.78, 5) is 46.0. The van der Waals surface area contributed by atoms with Gasteiger partial charge in [-0.2, -0.15) is 5.10 Å². The van der Waals surface area contributed by atoms with Crippen LogP contribution in [0.5, 0.6) is 0 Å². The Hall–Kier alpha value is -3.23. The van der Waals surface area contributed by atoms with Crippen LogP contribution in [0.25, 0.3) is 0 Å². The molecule has 0 atom stereocenters. The van der Waals surface area contributed by atoms with Gasteiger partial charge in [0, 0.05) is 6.07 Å². The maximum absolute atomic E-state index is 12.0. The fraction of sp³-hybridized carbons (Fsp3) is 0.154. The van der Waals surface area contributed by atoms with Gasteiger partial charge in [-0.15, -0.1) is 0 Å². The average molecular weight is 304 g/mol. The molecule has 0 aliphatic rings. The number of anilines is 1. The Morgan fingerprint density at radius 2 is 1.95 bits per heavy atom. The second-order valence-corrected chi connectivity index (χ2v) is 4.42. The van der Waals surface area contributed by atoms with Crippen LogP contribution in [0.15, 0.2) is 21.3 Å². The van der Waals surface area contributed by atoms with E-state index in [9.17, 15) is 19.2 Å². The second-order valence-electron chi connectivity index (χ2n) is 4.42. The number of primary amides is 1. The number of nitrogens with two attached hydrogens (primary N) is 1. The SMILES string of the molecule is CC(=O)c1c(C)oc(NC(=O)c2ccc(=O)[nH]n2)c1C(N)=O. The van der Waals surface area contributed by atoms with Crippen LogP contribution in [0.2, 0.25) is 0 Å². The molecule has 2 amide bonds. The van der Waals surface area contributed by atoms with Crippen LogP contribution >= 0.6 is 0 Å². The Balaban J connectivity index is 2.41. The standard InChI is InChI=1S/C13H12N4O5/c1-5(18)9-6(2)22-13(10(9)11(14)20)15-12(21)7-3-4-8(19)17-16-7/h3-4H,1-2H3,(H2,14,20)(H,15,21)(H,17,19). The number of rotatable bonds is 4. The highest BCUT2D eigenvalue weighted by atomic mass is 16.4. The molecule has 2 aromatic rings. The van der Waals surface area contributed by atoms with Crippen LogP contribution in [0.1, 0.15) is 43.9 Å². The Labute approximate surface area is 123 Å². The molecule has 0 aliphatic carbocycles. The van der Waals surface area contributed by atoms with E-state index >= 15 is 0 Å². The maximum atomic E-state index is 12.0. The van der Waals surface area contributed by atoms with Gasteiger partial charge in [-0.1, -0.05) is 0 Å². The molecule has 0 spiro atoms. The molecule has 0 fully saturated rings. The summed E-state index contributed by atoms with van der Waals surface area (Å²) in [5.74, 6) is -2.15. The zero-order valence-corrected chi connectivity index (χ0v) is 11.7. The predicted molar refractivity (Wildman–Crippen MR) is 74.8 cm³/mol. The number of carbonyl (C=O) groups is 3. The number of carbonyl (C=O) groups excluding carboxylic acids is 3. The molecule has 0 saturated heterocycles. The van der Waals surface area contributed by atoms with Crippen molar-refractivity contribution >= 4 is 23.5 Å². The number of furan rings is 1. The molecule has 9 nitrogen and oxygen atoms in total. The molecule has 0 aliphatic heterocycles. The Bertz CT molecular complexity index is 813. The van der Waals surface area contributed by atoms with Crippen LogP contribution in [0, 0.1) is 6.92 Å². The summed E-state index contributed by atoms with van der Waals surface area (Å²) < 4.78 is 5.23. The summed E-state index contributed by atoms with van der Waals surface area (Å²) in [5, 5.41) is 7.94. The normalized spacial score (nSPS) is 10.3. The number of hydrogen-bond donors (Lipinski definition) is 3. The van der Waals surface area contributed by atoms with Gasteiger partial charge in [0.05, 0.1) is 5.56 Å². The lowest BCUT2D eigenvalue weighted by molar-refractivity contribution is 0.0974. The van der Waals surface area contributed by atoms with Crippen molar-refractivity contribution in [3.63, 3.8) is 0 Å². The monoisotopic (exact) mass is 304 g/mol. The van der Waals surface area contributed by atoms with E-state index in [-0.39, 0.29) is 28.5 Å². The molecule has 0 saturated carbocycles. The van der Waals surface area contributed by atoms with Crippen LogP contribution in [-0.2, 0) is 0 Å². The van der Waals surface area contributed by atoms with Gasteiger partial charge in [-0.05, 0) is 19.9 Å². The second kappa shape index (κ2) is 5.64. The van der Waals surface area contributed by atoms with E-state index in [2.05, 4.69) is 15.5 Å². The van der Waals surface area contributed by atoms with E-state index in [0.717, 1.165) is 6.07 Å². The number of Topliss-reactive ketones (excluding diaryl/α,β-unsaturated/α-hetero) is 1. The molecule has 9 heteroatoms. The summed E-state index contributed by atoms with van der Waals surface area (Å²) in [6.45, 7) is 2.72. The van der Waals surface area contributed by atoms with Gasteiger partial charge in [0.2, 0.25) is 5.88 Å². The molecule has 0 aromatic carbocycles. The molecule has 114 valence electrons. The van der Waals surface area contributed by atoms with Gasteiger partial charge >= 0.3 is 0 Å². The lowest BCUT2D eigenvalue weighted by Gasteiger charge is -2.03. The van der Waals surface area contributed by atoms with Gasteiger partial charge in [-0.25, -0.2) is 5.10 Å². The van der Waals surface area contributed by atoms with Crippen molar-refractivity contribution in [1.29, 1.82) is 0 Å². The first-order valence-corrected chi connectivity index (χ1v) is 6.12. The highest BCUT2D eigenvalue weighted by Gasteiger charge is 2.26. The number of amides is 2. The first kappa shape index (κ1) is 15.2. The first-order chi connectivity index (χ1) is 10.3. The molecule has 0 bridgehead atoms. The van der Waals surface area contributed by atoms with E-state index in [1.807, 2.05) is 0 Å². The van der Waals surface area contributed by atoms with Crippen molar-refractivity contribution in [2.45, 2.75) is 13.8 Å². The summed E-state index contributed by atoms with van der Waals surface area (Å²) >= 11 is 0. The first-order valence-electron chi connectivity index (χ1n) is 6.12. The fourth-order valence-electron chi connectivity index (χ4n) is 1.93. The van der Waals surface area contributed by atoms with Crippen LogP contribution in [0.3, 0.4) is 0 Å². The number of nitrogens with zero attached hydrogens (tertiary/aromatic N) is 1. The quantitative estimate of drug-likeness (QED) is 0.688. The number of aryl methyl sites for hydroxylation is 1. The van der Waals surface area contributed by atoms with Crippen LogP contribution < -0.4 is 16.6 Å². The van der Waals surface area contributed by atoms with Crippen molar-refractivity contribution in [1.82, 2.24) is 10.2 Å². The van der Waals surface area contributed by atoms with Gasteiger partial charge in [0.25, 0.3) is 17.4 Å². The molecular formula is C13H12N4O5. The highest BCUT2D eigenvalue weighted by Crippen LogP contribution is 2.27. The molecule has 22 heavy (non-hydrogen) atoms. The molecule has 4 N–H and O–H groups in total. The summed E-state index contributed by atoms with van der Waals surface area (Å²) in [6.07, 6.45) is 0. The smallest absolute Gasteiger partial charge is 0.278 e. The van der Waals surface area contributed by atoms with E-state index in [1.165, 1.54) is 19.9 Å². The molecule has 2 rings (SSSR count). The van der Waals surface area contributed by atoms with E-state index in [0.29, 0.717) is 0 Å². The number of aromatic amines is 1. The third-order valence-corrected chi connectivity index (χ3v) is 2.82. The Morgan fingerprint density at radius 3 is 2.45 bits per heavy atom. The Morgan fingerprint density at radius 1 is 1.27 bits per heavy atom. The number of H-pyrrole nitrogens is 1. The van der Waals surface area contributed by atoms with Gasteiger partial charge < -0.3 is 10.2 Å². The largest absolute Gasteiger partial charge is 0.444 e. The van der Waals surface area contributed by atoms with E-state index in [4.69, 9.17) is 10.2 Å². The van der Waals surface area contributed by atoms with Crippen molar-refractivity contribution in [2.75, 3.05) is 5.32 Å². The lowest BCUT2D eigenvalue weighted by atomic mass is 10.1. The third-order valence-electron chi connectivity index (χ3n) is 2.82. The summed E-state index contributed by atoms with van der Waals surface area (Å²) in [6, 6.07) is 2.31. The van der Waals surface area contributed by atoms with E-state index in [1.54, 1.807) is 0 Å². The molecule has 2 heterocycles. The van der Waals surface area contributed by atoms with Crippen molar-refractivity contribution < 1.29 is 18.8 Å². The molecule has 2 aromatic heterocycles. The van der Waals surface area contributed by atoms with Gasteiger partial charge in [0.1, 0.15) is 17.0 Å². The zero-order chi connectivity index (χ0) is 16.4. The number of ketones is 1. The predicted octanol–water partition coefficient (Wildman–Crippen LogP) is 0.225. The fourth-order valence-corrected chi connectivity index (χ4v) is 1.93. The minimum absolute atomic E-state index is 0.0113. The zero-order valence-electron chi connectivity index (χ0n) is 11.7. The minimum atomic E-state index is -0.910. The summed E-state index contributed by atoms with van der Waals surface area (Å²) in [5.41, 5.74) is 4.47. The van der Waals surface area contributed by atoms with Gasteiger partial charge in [-0.3, -0.25) is 24.5 Å². The van der Waals surface area contributed by atoms with Crippen molar-refractivity contribution in [2.24, 2.45) is 5.73 Å². The number of hydrogen-bond acceptors (Lipinski definition) is 6. The lowest BCUT2D eigenvalue weighted by Crippen LogP contribution is -2.21. The number of nitrogens with one attached hydrogen (secondary N) is 2. The van der Waals surface area contributed by atoms with E-state index < -0.39 is 23.2 Å². The number of aromatic nitrogens is 2. The van der Waals surface area contributed by atoms with Crippen LogP contribution in [-0.4, -0.2) is 27.8 Å². The van der Waals surface area contributed by atoms with Crippen LogP contribution in [0.4, 0.5) is 5.88 Å². The average Bonchev–Trinajstić information content (AvgIpc) is 2.76. The third kappa shape index (κ3) is 2.77. The minimum Gasteiger partial charge on any atom is -0.444 e. The Kier molecular flexibility index (Phi) is 3.89. The maximum Gasteiger partial charge on any atom is 0.278 e.